The van der Waals surface area contributed by atoms with Crippen molar-refractivity contribution in [2.75, 3.05) is 0 Å². The maximum Gasteiger partial charge on any atom is 0.307 e. The zero-order chi connectivity index (χ0) is 12.3. The molecule has 0 aliphatic heterocycles. The monoisotopic (exact) mass is 229 g/mol. The first-order valence-corrected chi connectivity index (χ1v) is 4.71. The lowest BCUT2D eigenvalue weighted by molar-refractivity contribution is -0.385. The van der Waals surface area contributed by atoms with Gasteiger partial charge in [-0.05, 0) is 17.7 Å². The second kappa shape index (κ2) is 4.40. The van der Waals surface area contributed by atoms with E-state index in [1.165, 1.54) is 23.3 Å². The minimum absolute atomic E-state index is 0.0560. The van der Waals surface area contributed by atoms with Gasteiger partial charge in [-0.1, -0.05) is 0 Å². The summed E-state index contributed by atoms with van der Waals surface area (Å²) in [7, 11) is 0. The van der Waals surface area contributed by atoms with Crippen LogP contribution >= 0.6 is 0 Å². The number of nitro groups is 1. The zero-order valence-electron chi connectivity index (χ0n) is 8.65. The fraction of sp³-hybridized carbons (Fsp3) is 0.100. The lowest BCUT2D eigenvalue weighted by Gasteiger charge is -2.00. The predicted octanol–water partition coefficient (Wildman–Crippen LogP) is 1.11. The third-order valence-corrected chi connectivity index (χ3v) is 2.11. The Bertz CT molecular complexity index is 599. The van der Waals surface area contributed by atoms with E-state index in [0.717, 1.165) is 5.56 Å². The zero-order valence-corrected chi connectivity index (χ0v) is 8.65. The summed E-state index contributed by atoms with van der Waals surface area (Å²) in [6, 6.07) is 5.28. The van der Waals surface area contributed by atoms with Gasteiger partial charge in [0.2, 0.25) is 0 Å². The fourth-order valence-electron chi connectivity index (χ4n) is 1.35. The topological polar surface area (TPSA) is 97.6 Å². The summed E-state index contributed by atoms with van der Waals surface area (Å²) in [6.07, 6.45) is 4.05. The molecule has 0 atom stereocenters. The third kappa shape index (κ3) is 2.43. The lowest BCUT2D eigenvalue weighted by Crippen LogP contribution is -2.00. The quantitative estimate of drug-likeness (QED) is 0.579. The summed E-state index contributed by atoms with van der Waals surface area (Å²) < 4.78 is 1.44. The van der Waals surface area contributed by atoms with Crippen LogP contribution in [0.1, 0.15) is 11.3 Å². The van der Waals surface area contributed by atoms with Crippen LogP contribution in [-0.2, 0) is 6.54 Å². The van der Waals surface area contributed by atoms with Crippen molar-refractivity contribution in [1.82, 2.24) is 14.8 Å². The standard InChI is InChI=1S/C10H7N5O2/c11-4-9-3-8(1-2-12-9)6-14-7-10(5-13-14)15(16)17/h1-3,5,7H,6H2. The molecule has 2 heterocycles. The minimum atomic E-state index is -0.503. The minimum Gasteiger partial charge on any atom is -0.261 e. The highest BCUT2D eigenvalue weighted by atomic mass is 16.6. The van der Waals surface area contributed by atoms with E-state index in [4.69, 9.17) is 5.26 Å². The van der Waals surface area contributed by atoms with Gasteiger partial charge in [-0.2, -0.15) is 10.4 Å². The number of aromatic nitrogens is 3. The Kier molecular flexibility index (Phi) is 2.79. The number of hydrogen-bond donors (Lipinski definition) is 0. The molecular weight excluding hydrogens is 222 g/mol. The molecule has 0 bridgehead atoms. The van der Waals surface area contributed by atoms with Gasteiger partial charge in [-0.3, -0.25) is 14.8 Å². The van der Waals surface area contributed by atoms with Gasteiger partial charge in [0.05, 0.1) is 11.5 Å². The van der Waals surface area contributed by atoms with E-state index < -0.39 is 4.92 Å². The van der Waals surface area contributed by atoms with Gasteiger partial charge in [-0.15, -0.1) is 0 Å². The first kappa shape index (κ1) is 10.8. The van der Waals surface area contributed by atoms with Gasteiger partial charge in [-0.25, -0.2) is 4.98 Å². The molecule has 0 amide bonds. The van der Waals surface area contributed by atoms with E-state index in [9.17, 15) is 10.1 Å². The van der Waals surface area contributed by atoms with E-state index >= 15 is 0 Å². The van der Waals surface area contributed by atoms with Crippen LogP contribution in [0.25, 0.3) is 0 Å². The van der Waals surface area contributed by atoms with E-state index in [0.29, 0.717) is 12.2 Å². The summed E-state index contributed by atoms with van der Waals surface area (Å²) in [5, 5.41) is 23.0. The van der Waals surface area contributed by atoms with Crippen LogP contribution in [0.15, 0.2) is 30.7 Å². The molecule has 84 valence electrons. The van der Waals surface area contributed by atoms with Gasteiger partial charge < -0.3 is 0 Å². The van der Waals surface area contributed by atoms with Crippen molar-refractivity contribution in [3.63, 3.8) is 0 Å². The van der Waals surface area contributed by atoms with Crippen molar-refractivity contribution < 1.29 is 4.92 Å². The van der Waals surface area contributed by atoms with Crippen molar-refractivity contribution >= 4 is 5.69 Å². The second-order valence-electron chi connectivity index (χ2n) is 3.31. The van der Waals surface area contributed by atoms with Crippen molar-refractivity contribution in [2.24, 2.45) is 0 Å². The van der Waals surface area contributed by atoms with Crippen LogP contribution in [0, 0.1) is 21.4 Å². The van der Waals surface area contributed by atoms with Gasteiger partial charge >= 0.3 is 5.69 Å². The molecule has 7 nitrogen and oxygen atoms in total. The molecule has 0 spiro atoms. The molecule has 17 heavy (non-hydrogen) atoms. The first-order valence-electron chi connectivity index (χ1n) is 4.71. The molecule has 0 aromatic carbocycles. The molecule has 0 aliphatic rings. The Morgan fingerprint density at radius 3 is 3.06 bits per heavy atom. The van der Waals surface area contributed by atoms with Crippen LogP contribution in [0.4, 0.5) is 5.69 Å². The van der Waals surface area contributed by atoms with Crippen LogP contribution in [0.5, 0.6) is 0 Å². The Balaban J connectivity index is 2.19. The molecule has 0 aliphatic carbocycles. The third-order valence-electron chi connectivity index (χ3n) is 2.11. The maximum absolute atomic E-state index is 10.5. The van der Waals surface area contributed by atoms with Gasteiger partial charge in [0.15, 0.2) is 0 Å². The molecule has 0 unspecified atom stereocenters. The molecule has 0 radical (unpaired) electrons. The Morgan fingerprint density at radius 2 is 2.41 bits per heavy atom. The Hall–Kier alpha value is -2.75. The summed E-state index contributed by atoms with van der Waals surface area (Å²) in [4.78, 5) is 13.8. The molecule has 7 heteroatoms. The second-order valence-corrected chi connectivity index (χ2v) is 3.31. The van der Waals surface area contributed by atoms with Gasteiger partial charge in [0.1, 0.15) is 24.2 Å². The van der Waals surface area contributed by atoms with Crippen LogP contribution in [-0.4, -0.2) is 19.7 Å². The van der Waals surface area contributed by atoms with E-state index in [1.54, 1.807) is 12.1 Å². The number of nitrogens with zero attached hydrogens (tertiary/aromatic N) is 5. The normalized spacial score (nSPS) is 9.82. The van der Waals surface area contributed by atoms with Crippen LogP contribution in [0.3, 0.4) is 0 Å². The number of pyridine rings is 1. The smallest absolute Gasteiger partial charge is 0.261 e. The average molecular weight is 229 g/mol. The molecule has 2 rings (SSSR count). The largest absolute Gasteiger partial charge is 0.307 e. The molecule has 0 saturated heterocycles. The van der Waals surface area contributed by atoms with Crippen LogP contribution in [0.2, 0.25) is 0 Å². The Labute approximate surface area is 96.1 Å². The summed E-state index contributed by atoms with van der Waals surface area (Å²) in [6.45, 7) is 0.366. The highest BCUT2D eigenvalue weighted by Crippen LogP contribution is 2.10. The first-order chi connectivity index (χ1) is 8.19. The number of nitriles is 1. The van der Waals surface area contributed by atoms with Crippen molar-refractivity contribution in [1.29, 1.82) is 5.26 Å². The highest BCUT2D eigenvalue weighted by molar-refractivity contribution is 5.26. The molecule has 0 N–H and O–H groups in total. The molecular formula is C10H7N5O2. The summed E-state index contributed by atoms with van der Waals surface area (Å²) >= 11 is 0. The van der Waals surface area contributed by atoms with E-state index in [1.807, 2.05) is 6.07 Å². The van der Waals surface area contributed by atoms with Gasteiger partial charge in [0.25, 0.3) is 0 Å². The van der Waals surface area contributed by atoms with Crippen molar-refractivity contribution in [3.8, 4) is 6.07 Å². The summed E-state index contributed by atoms with van der Waals surface area (Å²) in [5.41, 5.74) is 1.07. The number of hydrogen-bond acceptors (Lipinski definition) is 5. The molecule has 0 fully saturated rings. The van der Waals surface area contributed by atoms with Crippen molar-refractivity contribution in [3.05, 3.63) is 52.1 Å². The molecule has 2 aromatic heterocycles. The van der Waals surface area contributed by atoms with Crippen molar-refractivity contribution in [2.45, 2.75) is 6.54 Å². The molecule has 0 saturated carbocycles. The number of rotatable bonds is 3. The fourth-order valence-corrected chi connectivity index (χ4v) is 1.35. The maximum atomic E-state index is 10.5. The van der Waals surface area contributed by atoms with E-state index in [2.05, 4.69) is 10.1 Å². The predicted molar refractivity (Wildman–Crippen MR) is 56.9 cm³/mol. The summed E-state index contributed by atoms with van der Waals surface area (Å²) in [5.74, 6) is 0. The molecule has 2 aromatic rings. The van der Waals surface area contributed by atoms with E-state index in [-0.39, 0.29) is 5.69 Å². The SMILES string of the molecule is N#Cc1cc(Cn2cc([N+](=O)[O-])cn2)ccn1. The lowest BCUT2D eigenvalue weighted by atomic mass is 10.2. The van der Waals surface area contributed by atoms with Gasteiger partial charge in [0, 0.05) is 6.20 Å². The Morgan fingerprint density at radius 1 is 1.59 bits per heavy atom. The highest BCUT2D eigenvalue weighted by Gasteiger charge is 2.08. The van der Waals surface area contributed by atoms with Crippen LogP contribution < -0.4 is 0 Å². The average Bonchev–Trinajstić information content (AvgIpc) is 2.78.